The molecule has 2 aromatic heterocycles. The number of carbonyl (C=O) groups excluding carboxylic acids is 2. The number of hydrogen-bond acceptors (Lipinski definition) is 5. The highest BCUT2D eigenvalue weighted by Gasteiger charge is 2.17. The first kappa shape index (κ1) is 20.4. The monoisotopic (exact) mass is 432 g/mol. The van der Waals surface area contributed by atoms with Gasteiger partial charge in [-0.3, -0.25) is 20.4 Å². The summed E-state index contributed by atoms with van der Waals surface area (Å²) in [6.45, 7) is 2.20. The summed E-state index contributed by atoms with van der Waals surface area (Å²) in [5, 5.41) is 1.84. The maximum absolute atomic E-state index is 12.6. The molecular weight excluding hydrogens is 412 g/mol. The summed E-state index contributed by atoms with van der Waals surface area (Å²) in [5.41, 5.74) is 7.75. The van der Waals surface area contributed by atoms with Crippen LogP contribution in [0.15, 0.2) is 82.6 Å². The molecule has 0 bridgehead atoms. The van der Waals surface area contributed by atoms with E-state index < -0.39 is 11.8 Å². The normalized spacial score (nSPS) is 10.5. The van der Waals surface area contributed by atoms with E-state index in [4.69, 9.17) is 9.15 Å². The number of nitrogens with one attached hydrogen (secondary N) is 2. The van der Waals surface area contributed by atoms with Crippen molar-refractivity contribution < 1.29 is 18.7 Å². The fourth-order valence-corrected chi connectivity index (χ4v) is 3.74. The minimum absolute atomic E-state index is 0.0805. The Kier molecular flexibility index (Phi) is 6.14. The van der Waals surface area contributed by atoms with Gasteiger partial charge in [-0.15, -0.1) is 11.3 Å². The summed E-state index contributed by atoms with van der Waals surface area (Å²) in [4.78, 5) is 25.5. The third-order valence-corrected chi connectivity index (χ3v) is 5.45. The molecule has 156 valence electrons. The average molecular weight is 433 g/mol. The van der Waals surface area contributed by atoms with E-state index in [0.29, 0.717) is 16.4 Å². The molecule has 0 aliphatic heterocycles. The highest BCUT2D eigenvalue weighted by Crippen LogP contribution is 2.28. The Balaban J connectivity index is 1.34. The molecule has 0 aliphatic carbocycles. The second-order valence-corrected chi connectivity index (χ2v) is 7.72. The molecule has 2 N–H and O–H groups in total. The van der Waals surface area contributed by atoms with E-state index >= 15 is 0 Å². The molecule has 0 saturated carbocycles. The lowest BCUT2D eigenvalue weighted by Crippen LogP contribution is -2.41. The van der Waals surface area contributed by atoms with Crippen molar-refractivity contribution in [2.45, 2.75) is 13.5 Å². The van der Waals surface area contributed by atoms with Crippen LogP contribution in [0.25, 0.3) is 11.1 Å². The second-order valence-electron chi connectivity index (χ2n) is 6.81. The van der Waals surface area contributed by atoms with Crippen molar-refractivity contribution in [3.8, 4) is 16.9 Å². The van der Waals surface area contributed by atoms with Crippen molar-refractivity contribution in [2.24, 2.45) is 0 Å². The Hall–Kier alpha value is -3.84. The molecule has 0 fully saturated rings. The SMILES string of the molecule is Cc1ccc(-c2ccsc2C(=O)NNC(=O)c2ccc(COc3ccccc3)o2)cc1. The summed E-state index contributed by atoms with van der Waals surface area (Å²) in [5.74, 6) is 0.348. The lowest BCUT2D eigenvalue weighted by molar-refractivity contribution is 0.0830. The molecule has 0 unspecified atom stereocenters. The lowest BCUT2D eigenvalue weighted by atomic mass is 10.1. The van der Waals surface area contributed by atoms with E-state index in [9.17, 15) is 9.59 Å². The number of hydrazine groups is 1. The quantitative estimate of drug-likeness (QED) is 0.422. The smallest absolute Gasteiger partial charge is 0.305 e. The summed E-state index contributed by atoms with van der Waals surface area (Å²) < 4.78 is 11.1. The Morgan fingerprint density at radius 3 is 2.42 bits per heavy atom. The zero-order chi connectivity index (χ0) is 21.6. The first-order chi connectivity index (χ1) is 15.1. The van der Waals surface area contributed by atoms with Crippen molar-refractivity contribution in [1.82, 2.24) is 10.9 Å². The molecule has 7 heteroatoms. The van der Waals surface area contributed by atoms with Crippen LogP contribution in [0.1, 0.15) is 31.6 Å². The average Bonchev–Trinajstić information content (AvgIpc) is 3.47. The van der Waals surface area contributed by atoms with Crippen LogP contribution in [0.2, 0.25) is 0 Å². The summed E-state index contributed by atoms with van der Waals surface area (Å²) in [6.07, 6.45) is 0. The first-order valence-corrected chi connectivity index (χ1v) is 10.5. The Labute approximate surface area is 183 Å². The van der Waals surface area contributed by atoms with E-state index in [1.54, 1.807) is 6.07 Å². The van der Waals surface area contributed by atoms with Crippen LogP contribution in [0.3, 0.4) is 0 Å². The van der Waals surface area contributed by atoms with Crippen molar-refractivity contribution in [3.63, 3.8) is 0 Å². The molecular formula is C24H20N2O4S. The number of benzene rings is 2. The molecule has 0 aliphatic rings. The Morgan fingerprint density at radius 1 is 0.903 bits per heavy atom. The van der Waals surface area contributed by atoms with Gasteiger partial charge in [0.15, 0.2) is 5.76 Å². The van der Waals surface area contributed by atoms with Crippen LogP contribution in [-0.2, 0) is 6.61 Å². The molecule has 0 atom stereocenters. The summed E-state index contributed by atoms with van der Waals surface area (Å²) >= 11 is 1.31. The minimum atomic E-state index is -0.548. The van der Waals surface area contributed by atoms with Crippen LogP contribution in [0.5, 0.6) is 5.75 Å². The fraction of sp³-hybridized carbons (Fsp3) is 0.0833. The summed E-state index contributed by atoms with van der Waals surface area (Å²) in [6, 6.07) is 22.3. The lowest BCUT2D eigenvalue weighted by Gasteiger charge is -2.07. The summed E-state index contributed by atoms with van der Waals surface area (Å²) in [7, 11) is 0. The molecule has 4 aromatic rings. The van der Waals surface area contributed by atoms with Gasteiger partial charge in [-0.1, -0.05) is 48.0 Å². The van der Waals surface area contributed by atoms with Crippen molar-refractivity contribution in [2.75, 3.05) is 0 Å². The molecule has 0 radical (unpaired) electrons. The number of rotatable bonds is 6. The van der Waals surface area contributed by atoms with Gasteiger partial charge in [0.2, 0.25) is 0 Å². The molecule has 0 saturated heterocycles. The molecule has 31 heavy (non-hydrogen) atoms. The van der Waals surface area contributed by atoms with Gasteiger partial charge in [0, 0.05) is 5.56 Å². The van der Waals surface area contributed by atoms with Gasteiger partial charge in [0.05, 0.1) is 0 Å². The molecule has 2 aromatic carbocycles. The number of aryl methyl sites for hydroxylation is 1. The molecule has 4 rings (SSSR count). The number of para-hydroxylation sites is 1. The van der Waals surface area contributed by atoms with Crippen LogP contribution in [0, 0.1) is 6.92 Å². The van der Waals surface area contributed by atoms with Gasteiger partial charge in [-0.2, -0.15) is 0 Å². The number of hydrogen-bond donors (Lipinski definition) is 2. The minimum Gasteiger partial charge on any atom is -0.486 e. The van der Waals surface area contributed by atoms with Gasteiger partial charge < -0.3 is 9.15 Å². The first-order valence-electron chi connectivity index (χ1n) is 9.62. The number of carbonyl (C=O) groups is 2. The zero-order valence-corrected chi connectivity index (χ0v) is 17.6. The molecule has 0 spiro atoms. The number of furan rings is 1. The number of ether oxygens (including phenoxy) is 1. The Bertz CT molecular complexity index is 1180. The Morgan fingerprint density at radius 2 is 1.65 bits per heavy atom. The predicted octanol–water partition coefficient (Wildman–Crippen LogP) is 4.97. The van der Waals surface area contributed by atoms with E-state index in [1.165, 1.54) is 17.4 Å². The van der Waals surface area contributed by atoms with Crippen LogP contribution in [0.4, 0.5) is 0 Å². The fourth-order valence-electron chi connectivity index (χ4n) is 2.93. The largest absolute Gasteiger partial charge is 0.486 e. The third-order valence-electron chi connectivity index (χ3n) is 4.53. The van der Waals surface area contributed by atoms with Crippen LogP contribution in [-0.4, -0.2) is 11.8 Å². The van der Waals surface area contributed by atoms with Gasteiger partial charge in [-0.25, -0.2) is 0 Å². The van der Waals surface area contributed by atoms with Crippen molar-refractivity contribution >= 4 is 23.2 Å². The van der Waals surface area contributed by atoms with Crippen molar-refractivity contribution in [3.05, 3.63) is 100 Å². The molecule has 2 heterocycles. The number of thiophene rings is 1. The van der Waals surface area contributed by atoms with E-state index in [0.717, 1.165) is 16.7 Å². The zero-order valence-electron chi connectivity index (χ0n) is 16.8. The van der Waals surface area contributed by atoms with Gasteiger partial charge in [0.1, 0.15) is 23.0 Å². The highest BCUT2D eigenvalue weighted by molar-refractivity contribution is 7.12. The third kappa shape index (κ3) is 5.02. The maximum Gasteiger partial charge on any atom is 0.305 e. The second kappa shape index (κ2) is 9.32. The number of amides is 2. The van der Waals surface area contributed by atoms with Gasteiger partial charge in [0.25, 0.3) is 5.91 Å². The predicted molar refractivity (Wildman–Crippen MR) is 119 cm³/mol. The van der Waals surface area contributed by atoms with Gasteiger partial charge >= 0.3 is 5.91 Å². The highest BCUT2D eigenvalue weighted by atomic mass is 32.1. The van der Waals surface area contributed by atoms with Gasteiger partial charge in [-0.05, 0) is 48.2 Å². The van der Waals surface area contributed by atoms with E-state index in [-0.39, 0.29) is 12.4 Å². The standard InChI is InChI=1S/C24H20N2O4S/c1-16-7-9-17(10-8-16)20-13-14-31-22(20)24(28)26-25-23(27)21-12-11-19(30-21)15-29-18-5-3-2-4-6-18/h2-14H,15H2,1H3,(H,25,27)(H,26,28). The van der Waals surface area contributed by atoms with E-state index in [1.807, 2.05) is 73.0 Å². The maximum atomic E-state index is 12.6. The topological polar surface area (TPSA) is 80.6 Å². The molecule has 2 amide bonds. The van der Waals surface area contributed by atoms with Crippen LogP contribution < -0.4 is 15.6 Å². The van der Waals surface area contributed by atoms with E-state index in [2.05, 4.69) is 10.9 Å². The van der Waals surface area contributed by atoms with Crippen LogP contribution >= 0.6 is 11.3 Å². The molecule has 6 nitrogen and oxygen atoms in total. The van der Waals surface area contributed by atoms with Crippen molar-refractivity contribution in [1.29, 1.82) is 0 Å².